The van der Waals surface area contributed by atoms with Gasteiger partial charge in [-0.15, -0.1) is 0 Å². The topological polar surface area (TPSA) is 95.5 Å². The summed E-state index contributed by atoms with van der Waals surface area (Å²) >= 11 is 0. The zero-order valence-electron chi connectivity index (χ0n) is 10.1. The molecule has 0 saturated heterocycles. The lowest BCUT2D eigenvalue weighted by Gasteiger charge is -2.19. The van der Waals surface area contributed by atoms with Gasteiger partial charge < -0.3 is 10.5 Å². The molecule has 0 spiro atoms. The number of rotatable bonds is 6. The van der Waals surface area contributed by atoms with Crippen molar-refractivity contribution in [3.05, 3.63) is 46.0 Å². The molecule has 2 atom stereocenters. The lowest BCUT2D eigenvalue weighted by molar-refractivity contribution is -0.483. The van der Waals surface area contributed by atoms with Gasteiger partial charge in [0, 0.05) is 4.92 Å². The highest BCUT2D eigenvalue weighted by molar-refractivity contribution is 5.76. The minimum atomic E-state index is -1.03. The number of benzene rings is 1. The normalized spacial score (nSPS) is 13.7. The van der Waals surface area contributed by atoms with Gasteiger partial charge in [-0.25, -0.2) is 0 Å². The Morgan fingerprint density at radius 1 is 1.44 bits per heavy atom. The highest BCUT2D eigenvalue weighted by Crippen LogP contribution is 2.19. The van der Waals surface area contributed by atoms with E-state index in [1.54, 1.807) is 37.3 Å². The molecule has 18 heavy (non-hydrogen) atoms. The van der Waals surface area contributed by atoms with E-state index in [9.17, 15) is 14.9 Å². The summed E-state index contributed by atoms with van der Waals surface area (Å²) < 4.78 is 4.80. The van der Waals surface area contributed by atoms with Crippen LogP contribution in [0.1, 0.15) is 18.4 Å². The van der Waals surface area contributed by atoms with Gasteiger partial charge in [0.15, 0.2) is 0 Å². The van der Waals surface area contributed by atoms with E-state index in [4.69, 9.17) is 10.5 Å². The summed E-state index contributed by atoms with van der Waals surface area (Å²) in [5, 5.41) is 10.7. The number of hydrogen-bond donors (Lipinski definition) is 1. The third kappa shape index (κ3) is 3.81. The van der Waals surface area contributed by atoms with Crippen LogP contribution in [0.25, 0.3) is 0 Å². The summed E-state index contributed by atoms with van der Waals surface area (Å²) in [5.41, 5.74) is 6.41. The van der Waals surface area contributed by atoms with Crippen molar-refractivity contribution in [2.24, 2.45) is 5.73 Å². The molecule has 2 N–H and O–H groups in total. The Kier molecular flexibility index (Phi) is 5.26. The zero-order chi connectivity index (χ0) is 13.5. The van der Waals surface area contributed by atoms with Crippen LogP contribution < -0.4 is 5.73 Å². The molecule has 0 unspecified atom stereocenters. The maximum absolute atomic E-state index is 11.6. The van der Waals surface area contributed by atoms with Crippen molar-refractivity contribution in [2.75, 3.05) is 13.2 Å². The minimum absolute atomic E-state index is 0.201. The summed E-state index contributed by atoms with van der Waals surface area (Å²) in [6, 6.07) is 7.70. The average molecular weight is 252 g/mol. The number of hydrogen-bond acceptors (Lipinski definition) is 5. The first kappa shape index (κ1) is 14.1. The van der Waals surface area contributed by atoms with Crippen LogP contribution >= 0.6 is 0 Å². The highest BCUT2D eigenvalue weighted by Gasteiger charge is 2.31. The zero-order valence-corrected chi connectivity index (χ0v) is 10.1. The summed E-state index contributed by atoms with van der Waals surface area (Å²) in [6.45, 7) is 1.46. The second-order valence-corrected chi connectivity index (χ2v) is 3.81. The molecule has 0 bridgehead atoms. The van der Waals surface area contributed by atoms with Crippen molar-refractivity contribution < 1.29 is 14.5 Å². The van der Waals surface area contributed by atoms with Crippen LogP contribution in [0.3, 0.4) is 0 Å². The molecule has 1 aromatic carbocycles. The second kappa shape index (κ2) is 6.70. The van der Waals surface area contributed by atoms with Crippen molar-refractivity contribution in [1.29, 1.82) is 0 Å². The Morgan fingerprint density at radius 3 is 2.56 bits per heavy atom. The number of carbonyl (C=O) groups is 1. The van der Waals surface area contributed by atoms with Gasteiger partial charge in [0.05, 0.1) is 12.5 Å². The molecule has 98 valence electrons. The van der Waals surface area contributed by atoms with Crippen LogP contribution in [0.4, 0.5) is 0 Å². The quantitative estimate of drug-likeness (QED) is 0.461. The maximum Gasteiger partial charge on any atom is 0.323 e. The van der Waals surface area contributed by atoms with Gasteiger partial charge in [-0.2, -0.15) is 0 Å². The summed E-state index contributed by atoms with van der Waals surface area (Å²) in [5.74, 6) is -1.30. The van der Waals surface area contributed by atoms with Crippen LogP contribution in [0, 0.1) is 10.1 Å². The van der Waals surface area contributed by atoms with E-state index >= 15 is 0 Å². The molecule has 0 aliphatic carbocycles. The number of nitrogens with two attached hydrogens (primary N) is 1. The smallest absolute Gasteiger partial charge is 0.323 e. The number of carbonyl (C=O) groups excluding carboxylic acids is 1. The lowest BCUT2D eigenvalue weighted by Crippen LogP contribution is -2.41. The van der Waals surface area contributed by atoms with E-state index in [2.05, 4.69) is 0 Å². The molecule has 0 aliphatic heterocycles. The van der Waals surface area contributed by atoms with Crippen molar-refractivity contribution >= 4 is 5.97 Å². The number of nitro groups is 1. The number of ether oxygens (including phenoxy) is 1. The monoisotopic (exact) mass is 252 g/mol. The van der Waals surface area contributed by atoms with Gasteiger partial charge in [0.25, 0.3) is 0 Å². The predicted octanol–water partition coefficient (Wildman–Crippen LogP) is 0.937. The van der Waals surface area contributed by atoms with Crippen molar-refractivity contribution in [2.45, 2.75) is 18.9 Å². The maximum atomic E-state index is 11.6. The van der Waals surface area contributed by atoms with E-state index in [0.717, 1.165) is 0 Å². The molecule has 1 rings (SSSR count). The van der Waals surface area contributed by atoms with Crippen LogP contribution in [0.5, 0.6) is 0 Å². The SMILES string of the molecule is CCOC(=O)[C@H](N)[C@H](C[N+](=O)[O-])c1ccccc1. The molecule has 6 nitrogen and oxygen atoms in total. The van der Waals surface area contributed by atoms with Crippen LogP contribution in [-0.2, 0) is 9.53 Å². The molecule has 0 aromatic heterocycles. The summed E-state index contributed by atoms with van der Waals surface area (Å²) in [4.78, 5) is 21.8. The summed E-state index contributed by atoms with van der Waals surface area (Å²) in [6.07, 6.45) is 0. The predicted molar refractivity (Wildman–Crippen MR) is 65.7 cm³/mol. The second-order valence-electron chi connectivity index (χ2n) is 3.81. The number of nitrogens with zero attached hydrogens (tertiary/aromatic N) is 1. The Hall–Kier alpha value is -1.95. The fourth-order valence-electron chi connectivity index (χ4n) is 1.69. The molecule has 6 heteroatoms. The van der Waals surface area contributed by atoms with Crippen molar-refractivity contribution in [3.8, 4) is 0 Å². The minimum Gasteiger partial charge on any atom is -0.465 e. The molecule has 0 aliphatic rings. The van der Waals surface area contributed by atoms with Gasteiger partial charge in [0.1, 0.15) is 6.04 Å². The van der Waals surface area contributed by atoms with E-state index < -0.39 is 29.4 Å². The van der Waals surface area contributed by atoms with E-state index in [1.807, 2.05) is 0 Å². The molecule has 1 aromatic rings. The summed E-state index contributed by atoms with van der Waals surface area (Å²) in [7, 11) is 0. The van der Waals surface area contributed by atoms with Gasteiger partial charge in [0.2, 0.25) is 6.54 Å². The molecule has 0 heterocycles. The third-order valence-electron chi connectivity index (χ3n) is 2.57. The molecule has 0 fully saturated rings. The molecule has 0 saturated carbocycles. The molecule has 0 amide bonds. The van der Waals surface area contributed by atoms with Crippen LogP contribution in [0.2, 0.25) is 0 Å². The van der Waals surface area contributed by atoms with E-state index in [0.29, 0.717) is 5.56 Å². The Bertz CT molecular complexity index is 408. The largest absolute Gasteiger partial charge is 0.465 e. The van der Waals surface area contributed by atoms with E-state index in [1.165, 1.54) is 0 Å². The van der Waals surface area contributed by atoms with Crippen LogP contribution in [-0.4, -0.2) is 30.1 Å². The molecular weight excluding hydrogens is 236 g/mol. The number of esters is 1. The first-order chi connectivity index (χ1) is 8.56. The van der Waals surface area contributed by atoms with Crippen molar-refractivity contribution in [3.63, 3.8) is 0 Å². The van der Waals surface area contributed by atoms with Gasteiger partial charge in [-0.05, 0) is 12.5 Å². The fourth-order valence-corrected chi connectivity index (χ4v) is 1.69. The van der Waals surface area contributed by atoms with Gasteiger partial charge >= 0.3 is 5.97 Å². The standard InChI is InChI=1S/C12H16N2O4/c1-2-18-12(15)11(13)10(8-14(16)17)9-6-4-3-5-7-9/h3-7,10-11H,2,8,13H2,1H3/t10-,11-/m1/s1. The van der Waals surface area contributed by atoms with Crippen LogP contribution in [0.15, 0.2) is 30.3 Å². The van der Waals surface area contributed by atoms with Crippen molar-refractivity contribution in [1.82, 2.24) is 0 Å². The Labute approximate surface area is 105 Å². The van der Waals surface area contributed by atoms with E-state index in [-0.39, 0.29) is 6.61 Å². The Balaban J connectivity index is 2.91. The highest BCUT2D eigenvalue weighted by atomic mass is 16.6. The third-order valence-corrected chi connectivity index (χ3v) is 2.57. The van der Waals surface area contributed by atoms with Gasteiger partial charge in [-0.3, -0.25) is 14.9 Å². The first-order valence-corrected chi connectivity index (χ1v) is 5.65. The lowest BCUT2D eigenvalue weighted by atomic mass is 9.92. The Morgan fingerprint density at radius 2 is 2.06 bits per heavy atom. The first-order valence-electron chi connectivity index (χ1n) is 5.65. The molecular formula is C12H16N2O4. The fraction of sp³-hybridized carbons (Fsp3) is 0.417. The van der Waals surface area contributed by atoms with Gasteiger partial charge in [-0.1, -0.05) is 30.3 Å². The average Bonchev–Trinajstić information content (AvgIpc) is 2.36. The molecule has 0 radical (unpaired) electrons.